The van der Waals surface area contributed by atoms with Gasteiger partial charge in [-0.05, 0) is 31.0 Å². The summed E-state index contributed by atoms with van der Waals surface area (Å²) in [6, 6.07) is 7.50. The van der Waals surface area contributed by atoms with Crippen LogP contribution >= 0.6 is 11.6 Å². The normalized spacial score (nSPS) is 11.0. The zero-order chi connectivity index (χ0) is 18.7. The van der Waals surface area contributed by atoms with Crippen LogP contribution in [0, 0.1) is 10.1 Å². The fourth-order valence-electron chi connectivity index (χ4n) is 2.52. The van der Waals surface area contributed by atoms with Crippen LogP contribution in [0.5, 0.6) is 11.5 Å². The van der Waals surface area contributed by atoms with E-state index in [-0.39, 0.29) is 40.7 Å². The van der Waals surface area contributed by atoms with Crippen LogP contribution in [0.15, 0.2) is 39.5 Å². The summed E-state index contributed by atoms with van der Waals surface area (Å²) in [6.07, 6.45) is 0.966. The summed E-state index contributed by atoms with van der Waals surface area (Å²) >= 11 is 5.91. The summed E-state index contributed by atoms with van der Waals surface area (Å²) in [5, 5.41) is 20.1. The lowest BCUT2D eigenvalue weighted by atomic mass is 10.1. The van der Waals surface area contributed by atoms with E-state index in [2.05, 4.69) is 4.84 Å². The maximum absolute atomic E-state index is 12.6. The predicted molar refractivity (Wildman–Crippen MR) is 94.3 cm³/mol. The first-order valence-corrected chi connectivity index (χ1v) is 8.12. The molecule has 0 radical (unpaired) electrons. The van der Waals surface area contributed by atoms with Gasteiger partial charge in [0.25, 0.3) is 5.09 Å². The fraction of sp³-hybridized carbons (Fsp3) is 0.235. The Bertz CT molecular complexity index is 1030. The Kier molecular flexibility index (Phi) is 5.13. The molecule has 0 atom stereocenters. The number of phenols is 1. The molecule has 2 aromatic carbocycles. The molecule has 0 bridgehead atoms. The molecule has 0 saturated heterocycles. The Labute approximate surface area is 151 Å². The summed E-state index contributed by atoms with van der Waals surface area (Å²) in [6.45, 7) is 0.252. The van der Waals surface area contributed by atoms with E-state index >= 15 is 0 Å². The molecule has 1 heterocycles. The number of nitrogens with zero attached hydrogens (tertiary/aromatic N) is 1. The molecule has 1 N–H and O–H groups in total. The van der Waals surface area contributed by atoms with Gasteiger partial charge < -0.3 is 19.1 Å². The Morgan fingerprint density at radius 3 is 2.69 bits per heavy atom. The third-order valence-electron chi connectivity index (χ3n) is 3.69. The van der Waals surface area contributed by atoms with Crippen LogP contribution in [0.1, 0.15) is 12.8 Å². The minimum absolute atomic E-state index is 0.0112. The zero-order valence-corrected chi connectivity index (χ0v) is 14.2. The monoisotopic (exact) mass is 379 g/mol. The Morgan fingerprint density at radius 2 is 1.92 bits per heavy atom. The highest BCUT2D eigenvalue weighted by Crippen LogP contribution is 2.31. The number of phenolic OH excluding ortho intramolecular Hbond substituents is 1. The molecule has 1 aromatic heterocycles. The molecule has 3 rings (SSSR count). The summed E-state index contributed by atoms with van der Waals surface area (Å²) in [7, 11) is 0. The van der Waals surface area contributed by atoms with E-state index in [0.29, 0.717) is 29.2 Å². The van der Waals surface area contributed by atoms with Crippen LogP contribution < -0.4 is 10.2 Å². The summed E-state index contributed by atoms with van der Waals surface area (Å²) in [4.78, 5) is 26.8. The lowest BCUT2D eigenvalue weighted by Crippen LogP contribution is -2.05. The van der Waals surface area contributed by atoms with Crippen LogP contribution in [0.25, 0.3) is 21.9 Å². The van der Waals surface area contributed by atoms with E-state index < -0.39 is 5.09 Å². The molecule has 0 amide bonds. The molecule has 0 fully saturated rings. The van der Waals surface area contributed by atoms with Gasteiger partial charge in [0.15, 0.2) is 0 Å². The van der Waals surface area contributed by atoms with Crippen molar-refractivity contribution in [2.45, 2.75) is 12.8 Å². The van der Waals surface area contributed by atoms with Crippen molar-refractivity contribution >= 4 is 33.5 Å². The molecule has 26 heavy (non-hydrogen) atoms. The van der Waals surface area contributed by atoms with Crippen LogP contribution in [0.4, 0.5) is 0 Å². The second kappa shape index (κ2) is 7.49. The number of rotatable bonds is 7. The molecule has 0 aliphatic rings. The Morgan fingerprint density at radius 1 is 1.15 bits per heavy atom. The second-order valence-electron chi connectivity index (χ2n) is 5.50. The van der Waals surface area contributed by atoms with Crippen molar-refractivity contribution in [3.05, 3.63) is 55.7 Å². The standard InChI is InChI=1S/C17H14ClNO7/c18-10-3-4-14-12(7-10)17(21)16-13(20)8-11(9-15(16)26-14)24-5-1-2-6-25-19(22)23/h3-4,7-9,20H,1-2,5-6H2. The van der Waals surface area contributed by atoms with E-state index in [1.807, 2.05) is 0 Å². The average molecular weight is 380 g/mol. The maximum Gasteiger partial charge on any atom is 0.294 e. The van der Waals surface area contributed by atoms with Crippen molar-refractivity contribution in [1.29, 1.82) is 0 Å². The van der Waals surface area contributed by atoms with Crippen molar-refractivity contribution in [1.82, 2.24) is 0 Å². The average Bonchev–Trinajstić information content (AvgIpc) is 2.58. The topological polar surface area (TPSA) is 112 Å². The molecule has 8 nitrogen and oxygen atoms in total. The number of halogens is 1. The van der Waals surface area contributed by atoms with Crippen LogP contribution in [0.3, 0.4) is 0 Å². The molecular formula is C17H14ClNO7. The third-order valence-corrected chi connectivity index (χ3v) is 3.93. The Balaban J connectivity index is 1.81. The molecule has 0 aliphatic heterocycles. The molecule has 136 valence electrons. The van der Waals surface area contributed by atoms with Crippen LogP contribution in [0.2, 0.25) is 5.02 Å². The molecule has 0 spiro atoms. The van der Waals surface area contributed by atoms with Crippen molar-refractivity contribution in [2.24, 2.45) is 0 Å². The van der Waals surface area contributed by atoms with Crippen molar-refractivity contribution in [3.8, 4) is 11.5 Å². The predicted octanol–water partition coefficient (Wildman–Crippen LogP) is 3.67. The summed E-state index contributed by atoms with van der Waals surface area (Å²) in [5.74, 6) is 0.0615. The third kappa shape index (κ3) is 3.80. The van der Waals surface area contributed by atoms with Gasteiger partial charge in [-0.1, -0.05) is 11.6 Å². The number of aromatic hydroxyl groups is 1. The first kappa shape index (κ1) is 17.8. The number of benzene rings is 2. The lowest BCUT2D eigenvalue weighted by molar-refractivity contribution is -0.757. The molecule has 3 aromatic rings. The number of hydrogen-bond acceptors (Lipinski definition) is 7. The molecular weight excluding hydrogens is 366 g/mol. The fourth-order valence-corrected chi connectivity index (χ4v) is 2.70. The van der Waals surface area contributed by atoms with E-state index in [1.54, 1.807) is 12.1 Å². The Hall–Kier alpha value is -3.00. The van der Waals surface area contributed by atoms with E-state index in [1.165, 1.54) is 18.2 Å². The smallest absolute Gasteiger partial charge is 0.294 e. The van der Waals surface area contributed by atoms with Crippen molar-refractivity contribution in [2.75, 3.05) is 13.2 Å². The lowest BCUT2D eigenvalue weighted by Gasteiger charge is -2.09. The quantitative estimate of drug-likeness (QED) is 0.288. The van der Waals surface area contributed by atoms with E-state index in [4.69, 9.17) is 20.8 Å². The highest BCUT2D eigenvalue weighted by atomic mass is 35.5. The van der Waals surface area contributed by atoms with Gasteiger partial charge in [0.2, 0.25) is 5.43 Å². The zero-order valence-electron chi connectivity index (χ0n) is 13.4. The van der Waals surface area contributed by atoms with Gasteiger partial charge in [-0.3, -0.25) is 4.79 Å². The number of fused-ring (bicyclic) bond motifs is 2. The largest absolute Gasteiger partial charge is 0.507 e. The highest BCUT2D eigenvalue weighted by molar-refractivity contribution is 6.31. The first-order valence-electron chi connectivity index (χ1n) is 7.75. The van der Waals surface area contributed by atoms with Crippen molar-refractivity contribution < 1.29 is 24.2 Å². The van der Waals surface area contributed by atoms with Gasteiger partial charge in [0.1, 0.15) is 28.1 Å². The SMILES string of the molecule is O=c1c2cc(Cl)ccc2oc2cc(OCCCCO[N+](=O)[O-])cc(O)c12. The van der Waals surface area contributed by atoms with Gasteiger partial charge >= 0.3 is 0 Å². The first-order chi connectivity index (χ1) is 12.5. The van der Waals surface area contributed by atoms with Crippen LogP contribution in [-0.2, 0) is 4.84 Å². The molecule has 0 saturated carbocycles. The summed E-state index contributed by atoms with van der Waals surface area (Å²) in [5.41, 5.74) is 0.154. The van der Waals surface area contributed by atoms with E-state index in [0.717, 1.165) is 0 Å². The van der Waals surface area contributed by atoms with Crippen LogP contribution in [-0.4, -0.2) is 23.4 Å². The molecule has 9 heteroatoms. The number of unbranched alkanes of at least 4 members (excludes halogenated alkanes) is 1. The van der Waals surface area contributed by atoms with Gasteiger partial charge in [-0.2, -0.15) is 0 Å². The molecule has 0 aliphatic carbocycles. The van der Waals surface area contributed by atoms with Crippen molar-refractivity contribution in [3.63, 3.8) is 0 Å². The number of ether oxygens (including phenoxy) is 1. The van der Waals surface area contributed by atoms with Gasteiger partial charge in [-0.25, -0.2) is 0 Å². The second-order valence-corrected chi connectivity index (χ2v) is 5.94. The maximum atomic E-state index is 12.6. The van der Waals surface area contributed by atoms with Gasteiger partial charge in [-0.15, -0.1) is 10.1 Å². The van der Waals surface area contributed by atoms with Gasteiger partial charge in [0.05, 0.1) is 18.6 Å². The minimum Gasteiger partial charge on any atom is -0.507 e. The number of hydrogen-bond donors (Lipinski definition) is 1. The molecule has 0 unspecified atom stereocenters. The highest BCUT2D eigenvalue weighted by Gasteiger charge is 2.14. The summed E-state index contributed by atoms with van der Waals surface area (Å²) < 4.78 is 11.2. The minimum atomic E-state index is -0.845. The van der Waals surface area contributed by atoms with E-state index in [9.17, 15) is 20.0 Å². The van der Waals surface area contributed by atoms with Gasteiger partial charge in [0, 0.05) is 17.2 Å².